The number of carbonyl (C=O) groups excluding carboxylic acids is 1. The Hall–Kier alpha value is -3.74. The number of hydrogen-bond donors (Lipinski definition) is 0. The van der Waals surface area contributed by atoms with Crippen molar-refractivity contribution in [1.29, 1.82) is 0 Å². The van der Waals surface area contributed by atoms with Gasteiger partial charge in [0.1, 0.15) is 0 Å². The minimum Gasteiger partial charge on any atom is -0.493 e. The highest BCUT2D eigenvalue weighted by Crippen LogP contribution is 2.39. The predicted molar refractivity (Wildman–Crippen MR) is 151 cm³/mol. The zero-order valence-electron chi connectivity index (χ0n) is 24.3. The van der Waals surface area contributed by atoms with Crippen LogP contribution < -0.4 is 23.8 Å². The molecule has 0 bridgehead atoms. The van der Waals surface area contributed by atoms with Gasteiger partial charge in [-0.3, -0.25) is 4.79 Å². The SMILES string of the molecule is COc1ccc(N(Cc2cc(C(C)(C)C)cc(C(C)(C)C)c2)C(=O)c2cc(OC)c(OC)c(OC)c2)cn1. The van der Waals surface area contributed by atoms with E-state index >= 15 is 0 Å². The maximum atomic E-state index is 14.1. The molecule has 0 N–H and O–H groups in total. The molecule has 0 atom stereocenters. The van der Waals surface area contributed by atoms with Crippen LogP contribution in [0.3, 0.4) is 0 Å². The fourth-order valence-electron chi connectivity index (χ4n) is 4.13. The van der Waals surface area contributed by atoms with Crippen molar-refractivity contribution < 1.29 is 23.7 Å². The Kier molecular flexibility index (Phi) is 8.60. The number of ether oxygens (including phenoxy) is 4. The van der Waals surface area contributed by atoms with Crippen molar-refractivity contribution in [2.24, 2.45) is 0 Å². The van der Waals surface area contributed by atoms with Gasteiger partial charge in [0.2, 0.25) is 11.6 Å². The lowest BCUT2D eigenvalue weighted by Gasteiger charge is -2.28. The molecular weight excluding hydrogens is 480 g/mol. The normalized spacial score (nSPS) is 11.6. The van der Waals surface area contributed by atoms with Crippen LogP contribution in [0, 0.1) is 0 Å². The minimum atomic E-state index is -0.227. The van der Waals surface area contributed by atoms with E-state index in [1.807, 2.05) is 6.07 Å². The second-order valence-corrected chi connectivity index (χ2v) is 11.3. The Morgan fingerprint density at radius 2 is 1.32 bits per heavy atom. The molecule has 3 rings (SSSR count). The number of benzene rings is 2. The number of pyridine rings is 1. The Morgan fingerprint density at radius 1 is 0.763 bits per heavy atom. The summed E-state index contributed by atoms with van der Waals surface area (Å²) in [5, 5.41) is 0. The van der Waals surface area contributed by atoms with Gasteiger partial charge in [-0.15, -0.1) is 0 Å². The Bertz CT molecular complexity index is 1210. The molecule has 7 heteroatoms. The van der Waals surface area contributed by atoms with Crippen molar-refractivity contribution in [2.45, 2.75) is 58.9 Å². The third kappa shape index (κ3) is 6.39. The summed E-state index contributed by atoms with van der Waals surface area (Å²) < 4.78 is 21.7. The Balaban J connectivity index is 2.17. The number of nitrogens with zero attached hydrogens (tertiary/aromatic N) is 2. The number of amides is 1. The van der Waals surface area contributed by atoms with E-state index in [1.165, 1.54) is 32.5 Å². The lowest BCUT2D eigenvalue weighted by molar-refractivity contribution is 0.0984. The van der Waals surface area contributed by atoms with E-state index in [0.29, 0.717) is 40.9 Å². The number of rotatable bonds is 8. The molecule has 0 saturated heterocycles. The van der Waals surface area contributed by atoms with Crippen molar-refractivity contribution in [3.63, 3.8) is 0 Å². The third-order valence-electron chi connectivity index (χ3n) is 6.46. The molecule has 1 aromatic heterocycles. The first-order valence-corrected chi connectivity index (χ1v) is 12.6. The first-order chi connectivity index (χ1) is 17.8. The van der Waals surface area contributed by atoms with Crippen molar-refractivity contribution in [1.82, 2.24) is 4.98 Å². The van der Waals surface area contributed by atoms with Gasteiger partial charge in [0, 0.05) is 11.6 Å². The lowest BCUT2D eigenvalue weighted by Crippen LogP contribution is -2.31. The van der Waals surface area contributed by atoms with Crippen LogP contribution in [0.5, 0.6) is 23.1 Å². The number of carbonyl (C=O) groups is 1. The molecule has 0 aliphatic rings. The number of aromatic nitrogens is 1. The van der Waals surface area contributed by atoms with Gasteiger partial charge < -0.3 is 23.8 Å². The quantitative estimate of drug-likeness (QED) is 0.335. The highest BCUT2D eigenvalue weighted by Gasteiger charge is 2.25. The molecule has 7 nitrogen and oxygen atoms in total. The van der Waals surface area contributed by atoms with Crippen LogP contribution >= 0.6 is 0 Å². The van der Waals surface area contributed by atoms with Gasteiger partial charge in [0.05, 0.1) is 46.9 Å². The van der Waals surface area contributed by atoms with Crippen LogP contribution in [0.4, 0.5) is 5.69 Å². The predicted octanol–water partition coefficient (Wildman–Crippen LogP) is 6.56. The molecule has 38 heavy (non-hydrogen) atoms. The highest BCUT2D eigenvalue weighted by molar-refractivity contribution is 6.06. The monoisotopic (exact) mass is 520 g/mol. The standard InChI is InChI=1S/C31H40N2O5/c1-30(2,3)22-13-20(14-23(17-22)31(4,5)6)19-33(24-11-12-27(37-9)32-18-24)29(34)21-15-25(35-7)28(38-10)26(16-21)36-8/h11-18H,19H2,1-10H3. The highest BCUT2D eigenvalue weighted by atomic mass is 16.5. The van der Waals surface area contributed by atoms with E-state index in [-0.39, 0.29) is 16.7 Å². The summed E-state index contributed by atoms with van der Waals surface area (Å²) in [6.45, 7) is 13.5. The molecule has 0 aliphatic heterocycles. The number of anilines is 1. The molecule has 2 aromatic carbocycles. The molecule has 0 fully saturated rings. The van der Waals surface area contributed by atoms with Gasteiger partial charge >= 0.3 is 0 Å². The van der Waals surface area contributed by atoms with Crippen molar-refractivity contribution in [3.8, 4) is 23.1 Å². The molecule has 0 spiro atoms. The summed E-state index contributed by atoms with van der Waals surface area (Å²) in [7, 11) is 6.16. The van der Waals surface area contributed by atoms with Gasteiger partial charge in [-0.2, -0.15) is 0 Å². The van der Waals surface area contributed by atoms with Crippen LogP contribution in [0.2, 0.25) is 0 Å². The van der Waals surface area contributed by atoms with Gasteiger partial charge in [-0.1, -0.05) is 59.7 Å². The van der Waals surface area contributed by atoms with Crippen LogP contribution in [0.1, 0.15) is 68.6 Å². The largest absolute Gasteiger partial charge is 0.493 e. The molecule has 204 valence electrons. The van der Waals surface area contributed by atoms with Crippen molar-refractivity contribution in [2.75, 3.05) is 33.3 Å². The maximum absolute atomic E-state index is 14.1. The smallest absolute Gasteiger partial charge is 0.258 e. The first kappa shape index (κ1) is 28.8. The zero-order valence-corrected chi connectivity index (χ0v) is 24.3. The summed E-state index contributed by atoms with van der Waals surface area (Å²) in [6, 6.07) is 13.5. The average Bonchev–Trinajstić information content (AvgIpc) is 2.89. The van der Waals surface area contributed by atoms with E-state index in [1.54, 1.807) is 36.4 Å². The molecule has 0 radical (unpaired) electrons. The number of methoxy groups -OCH3 is 4. The molecule has 1 amide bonds. The summed E-state index contributed by atoms with van der Waals surface area (Å²) in [5.74, 6) is 1.49. The van der Waals surface area contributed by atoms with Crippen LogP contribution in [-0.2, 0) is 17.4 Å². The average molecular weight is 521 g/mol. The topological polar surface area (TPSA) is 70.1 Å². The van der Waals surface area contributed by atoms with Gasteiger partial charge in [-0.05, 0) is 45.7 Å². The second kappa shape index (κ2) is 11.3. The summed E-state index contributed by atoms with van der Waals surface area (Å²) in [4.78, 5) is 20.2. The lowest BCUT2D eigenvalue weighted by atomic mass is 9.79. The third-order valence-corrected chi connectivity index (χ3v) is 6.46. The fraction of sp³-hybridized carbons (Fsp3) is 0.419. The maximum Gasteiger partial charge on any atom is 0.258 e. The van der Waals surface area contributed by atoms with E-state index in [2.05, 4.69) is 64.7 Å². The minimum absolute atomic E-state index is 0.0523. The van der Waals surface area contributed by atoms with Crippen LogP contribution in [0.25, 0.3) is 0 Å². The first-order valence-electron chi connectivity index (χ1n) is 12.6. The van der Waals surface area contributed by atoms with E-state index < -0.39 is 0 Å². The van der Waals surface area contributed by atoms with Gasteiger partial charge in [-0.25, -0.2) is 4.98 Å². The molecule has 1 heterocycles. The van der Waals surface area contributed by atoms with Crippen LogP contribution in [0.15, 0.2) is 48.7 Å². The van der Waals surface area contributed by atoms with Crippen LogP contribution in [-0.4, -0.2) is 39.3 Å². The Labute approximate surface area is 226 Å². The Morgan fingerprint density at radius 3 is 1.71 bits per heavy atom. The van der Waals surface area contributed by atoms with Crippen molar-refractivity contribution >= 4 is 11.6 Å². The van der Waals surface area contributed by atoms with E-state index in [0.717, 1.165) is 5.56 Å². The molecule has 0 saturated carbocycles. The summed E-state index contributed by atoms with van der Waals surface area (Å²) in [5.41, 5.74) is 4.40. The fourth-order valence-corrected chi connectivity index (χ4v) is 4.13. The van der Waals surface area contributed by atoms with E-state index in [9.17, 15) is 4.79 Å². The number of hydrogen-bond acceptors (Lipinski definition) is 6. The van der Waals surface area contributed by atoms with Gasteiger partial charge in [0.15, 0.2) is 11.5 Å². The summed E-state index contributed by atoms with van der Waals surface area (Å²) >= 11 is 0. The van der Waals surface area contributed by atoms with Gasteiger partial charge in [0.25, 0.3) is 5.91 Å². The summed E-state index contributed by atoms with van der Waals surface area (Å²) in [6.07, 6.45) is 1.65. The second-order valence-electron chi connectivity index (χ2n) is 11.3. The molecule has 3 aromatic rings. The molecule has 0 aliphatic carbocycles. The zero-order chi connectivity index (χ0) is 28.3. The van der Waals surface area contributed by atoms with Crippen molar-refractivity contribution in [3.05, 3.63) is 70.9 Å². The molecule has 0 unspecified atom stereocenters. The molecular formula is C31H40N2O5. The van der Waals surface area contributed by atoms with E-state index in [4.69, 9.17) is 18.9 Å².